The van der Waals surface area contributed by atoms with Crippen LogP contribution >= 0.6 is 11.8 Å². The van der Waals surface area contributed by atoms with Gasteiger partial charge in [-0.1, -0.05) is 30.7 Å². The quantitative estimate of drug-likeness (QED) is 0.438. The van der Waals surface area contributed by atoms with Gasteiger partial charge < -0.3 is 14.8 Å². The molecule has 1 heterocycles. The first-order valence-electron chi connectivity index (χ1n) is 11.7. The fraction of sp³-hybridized carbons (Fsp3) is 0.370. The Balaban J connectivity index is 1.75. The average molecular weight is 497 g/mol. The van der Waals surface area contributed by atoms with Crippen molar-refractivity contribution in [1.82, 2.24) is 4.90 Å². The molecule has 3 rings (SSSR count). The summed E-state index contributed by atoms with van der Waals surface area (Å²) in [7, 11) is 0. The molecule has 7 nitrogen and oxygen atoms in total. The highest BCUT2D eigenvalue weighted by atomic mass is 32.2. The highest BCUT2D eigenvalue weighted by molar-refractivity contribution is 8.18. The molecule has 1 N–H and O–H groups in total. The highest BCUT2D eigenvalue weighted by Gasteiger charge is 2.36. The van der Waals surface area contributed by atoms with Crippen molar-refractivity contribution in [2.24, 2.45) is 0 Å². The van der Waals surface area contributed by atoms with Gasteiger partial charge in [-0.05, 0) is 87.7 Å². The fourth-order valence-corrected chi connectivity index (χ4v) is 4.61. The lowest BCUT2D eigenvalue weighted by Crippen LogP contribution is -2.36. The maximum atomic E-state index is 12.9. The number of anilines is 1. The van der Waals surface area contributed by atoms with Gasteiger partial charge in [-0.15, -0.1) is 0 Å². The van der Waals surface area contributed by atoms with Gasteiger partial charge in [0.25, 0.3) is 11.1 Å². The smallest absolute Gasteiger partial charge is 0.294 e. The van der Waals surface area contributed by atoms with Gasteiger partial charge in [0.15, 0.2) is 11.5 Å². The van der Waals surface area contributed by atoms with Crippen molar-refractivity contribution in [2.75, 3.05) is 18.5 Å². The van der Waals surface area contributed by atoms with E-state index in [4.69, 9.17) is 9.47 Å². The topological polar surface area (TPSA) is 84.9 Å². The van der Waals surface area contributed by atoms with E-state index >= 15 is 0 Å². The maximum absolute atomic E-state index is 12.9. The molecular formula is C27H32N2O5S. The van der Waals surface area contributed by atoms with Crippen LogP contribution in [-0.2, 0) is 9.59 Å². The van der Waals surface area contributed by atoms with Crippen molar-refractivity contribution < 1.29 is 23.9 Å². The Morgan fingerprint density at radius 2 is 1.77 bits per heavy atom. The number of hydrogen-bond donors (Lipinski definition) is 1. The van der Waals surface area contributed by atoms with Crippen molar-refractivity contribution in [1.29, 1.82) is 0 Å². The van der Waals surface area contributed by atoms with Crippen LogP contribution in [0.4, 0.5) is 10.5 Å². The summed E-state index contributed by atoms with van der Waals surface area (Å²) in [6.45, 7) is 11.8. The Kier molecular flexibility index (Phi) is 8.62. The van der Waals surface area contributed by atoms with Crippen LogP contribution in [0.1, 0.15) is 49.4 Å². The van der Waals surface area contributed by atoms with Crippen LogP contribution in [0.5, 0.6) is 11.5 Å². The zero-order valence-corrected chi connectivity index (χ0v) is 21.9. The molecule has 0 aromatic heterocycles. The summed E-state index contributed by atoms with van der Waals surface area (Å²) in [6.07, 6.45) is 2.53. The molecular weight excluding hydrogens is 464 g/mol. The molecule has 0 bridgehead atoms. The zero-order chi connectivity index (χ0) is 25.7. The molecule has 3 amide bonds. The summed E-state index contributed by atoms with van der Waals surface area (Å²) in [6, 6.07) is 9.34. The third-order valence-electron chi connectivity index (χ3n) is 5.59. The summed E-state index contributed by atoms with van der Waals surface area (Å²) in [5.41, 5.74) is 4.35. The molecule has 8 heteroatoms. The van der Waals surface area contributed by atoms with Crippen molar-refractivity contribution in [2.45, 2.75) is 54.1 Å². The Morgan fingerprint density at radius 3 is 2.40 bits per heavy atom. The Bertz CT molecular complexity index is 1150. The molecule has 35 heavy (non-hydrogen) atoms. The number of aryl methyl sites for hydroxylation is 3. The third kappa shape index (κ3) is 6.45. The van der Waals surface area contributed by atoms with E-state index in [9.17, 15) is 14.4 Å². The van der Waals surface area contributed by atoms with Crippen molar-refractivity contribution in [3.05, 3.63) is 57.5 Å². The number of hydrogen-bond acceptors (Lipinski definition) is 6. The zero-order valence-electron chi connectivity index (χ0n) is 21.1. The number of carbonyl (C=O) groups is 3. The first-order chi connectivity index (χ1) is 16.6. The van der Waals surface area contributed by atoms with Gasteiger partial charge in [0, 0.05) is 5.69 Å². The minimum atomic E-state index is -0.495. The van der Waals surface area contributed by atoms with Gasteiger partial charge in [0.05, 0.1) is 17.6 Å². The highest BCUT2D eigenvalue weighted by Crippen LogP contribution is 2.35. The molecule has 1 aliphatic heterocycles. The summed E-state index contributed by atoms with van der Waals surface area (Å²) >= 11 is 0.817. The van der Waals surface area contributed by atoms with Crippen LogP contribution < -0.4 is 14.8 Å². The first kappa shape index (κ1) is 26.3. The van der Waals surface area contributed by atoms with Crippen molar-refractivity contribution in [3.63, 3.8) is 0 Å². The van der Waals surface area contributed by atoms with Crippen LogP contribution in [0.2, 0.25) is 0 Å². The molecule has 1 atom stereocenters. The van der Waals surface area contributed by atoms with Crippen LogP contribution in [-0.4, -0.2) is 41.2 Å². The predicted octanol–water partition coefficient (Wildman–Crippen LogP) is 5.86. The molecule has 1 aliphatic rings. The Hall–Kier alpha value is -3.26. The largest absolute Gasteiger partial charge is 0.490 e. The lowest BCUT2D eigenvalue weighted by Gasteiger charge is -2.16. The molecule has 1 fully saturated rings. The average Bonchev–Trinajstić information content (AvgIpc) is 3.05. The summed E-state index contributed by atoms with van der Waals surface area (Å²) in [4.78, 5) is 39.3. The van der Waals surface area contributed by atoms with Gasteiger partial charge >= 0.3 is 0 Å². The number of thioether (sulfide) groups is 1. The van der Waals surface area contributed by atoms with E-state index < -0.39 is 17.1 Å². The minimum absolute atomic E-state index is 0.0372. The Labute approximate surface area is 210 Å². The van der Waals surface area contributed by atoms with E-state index in [1.165, 1.54) is 0 Å². The summed E-state index contributed by atoms with van der Waals surface area (Å²) in [5.74, 6) is 0.285. The van der Waals surface area contributed by atoms with Crippen molar-refractivity contribution in [3.8, 4) is 11.5 Å². The van der Waals surface area contributed by atoms with Gasteiger partial charge in [0.2, 0.25) is 5.91 Å². The second-order valence-corrected chi connectivity index (χ2v) is 9.56. The SMILES string of the molecule is CCOc1cc(/C=C2/SC(=O)N(CC(=O)Nc3c(C)cc(C)cc3C)C2=O)ccc1O[C@@H](C)CC. The molecule has 2 aromatic carbocycles. The number of ether oxygens (including phenoxy) is 2. The van der Waals surface area contributed by atoms with Crippen LogP contribution in [0.15, 0.2) is 35.2 Å². The van der Waals surface area contributed by atoms with E-state index in [0.717, 1.165) is 39.8 Å². The number of benzene rings is 2. The molecule has 186 valence electrons. The molecule has 0 unspecified atom stereocenters. The van der Waals surface area contributed by atoms with E-state index in [2.05, 4.69) is 5.32 Å². The van der Waals surface area contributed by atoms with E-state index in [-0.39, 0.29) is 17.6 Å². The van der Waals surface area contributed by atoms with E-state index in [1.54, 1.807) is 18.2 Å². The number of amides is 3. The van der Waals surface area contributed by atoms with Crippen LogP contribution in [0, 0.1) is 20.8 Å². The van der Waals surface area contributed by atoms with Crippen LogP contribution in [0.3, 0.4) is 0 Å². The number of imide groups is 1. The predicted molar refractivity (Wildman–Crippen MR) is 140 cm³/mol. The molecule has 0 spiro atoms. The molecule has 0 saturated carbocycles. The van der Waals surface area contributed by atoms with E-state index in [0.29, 0.717) is 29.4 Å². The summed E-state index contributed by atoms with van der Waals surface area (Å²) in [5, 5.41) is 2.37. The normalized spacial score (nSPS) is 15.5. The van der Waals surface area contributed by atoms with E-state index in [1.807, 2.05) is 59.7 Å². The van der Waals surface area contributed by atoms with Gasteiger partial charge in [-0.2, -0.15) is 0 Å². The second kappa shape index (κ2) is 11.4. The molecule has 0 radical (unpaired) electrons. The van der Waals surface area contributed by atoms with Crippen molar-refractivity contribution >= 4 is 40.6 Å². The number of nitrogens with one attached hydrogen (secondary N) is 1. The second-order valence-electron chi connectivity index (χ2n) is 8.57. The monoisotopic (exact) mass is 496 g/mol. The molecule has 1 saturated heterocycles. The third-order valence-corrected chi connectivity index (χ3v) is 6.49. The Morgan fingerprint density at radius 1 is 1.09 bits per heavy atom. The molecule has 2 aromatic rings. The lowest BCUT2D eigenvalue weighted by molar-refractivity contribution is -0.127. The maximum Gasteiger partial charge on any atom is 0.294 e. The fourth-order valence-electron chi connectivity index (χ4n) is 3.77. The van der Waals surface area contributed by atoms with Gasteiger partial charge in [0.1, 0.15) is 6.54 Å². The first-order valence-corrected chi connectivity index (χ1v) is 12.5. The summed E-state index contributed by atoms with van der Waals surface area (Å²) < 4.78 is 11.6. The minimum Gasteiger partial charge on any atom is -0.490 e. The molecule has 0 aliphatic carbocycles. The van der Waals surface area contributed by atoms with Gasteiger partial charge in [-0.3, -0.25) is 19.3 Å². The van der Waals surface area contributed by atoms with Crippen LogP contribution in [0.25, 0.3) is 6.08 Å². The number of carbonyl (C=O) groups excluding carboxylic acids is 3. The lowest BCUT2D eigenvalue weighted by atomic mass is 10.1. The number of nitrogens with zero attached hydrogens (tertiary/aromatic N) is 1. The van der Waals surface area contributed by atoms with Gasteiger partial charge in [-0.25, -0.2) is 0 Å². The standard InChI is InChI=1S/C27H32N2O5S/c1-7-19(6)34-21-10-9-20(13-22(21)33-8-2)14-23-26(31)29(27(32)35-23)15-24(30)28-25-17(4)11-16(3)12-18(25)5/h9-14,19H,7-8,15H2,1-6H3,(H,28,30)/b23-14+/t19-/m0/s1. The number of rotatable bonds is 9.